The average Bonchev–Trinajstić information content (AvgIpc) is 3.27. The fourth-order valence-corrected chi connectivity index (χ4v) is 6.53. The molecule has 33 heavy (non-hydrogen) atoms. The van der Waals surface area contributed by atoms with Crippen molar-refractivity contribution in [1.29, 1.82) is 0 Å². The Morgan fingerprint density at radius 3 is 2.48 bits per heavy atom. The van der Waals surface area contributed by atoms with Crippen molar-refractivity contribution in [2.24, 2.45) is 0 Å². The van der Waals surface area contributed by atoms with Crippen LogP contribution in [0.1, 0.15) is 66.8 Å². The normalized spacial score (nSPS) is 18.6. The molecule has 5 heteroatoms. The number of aryl methyl sites for hydroxylation is 1. The molecule has 0 radical (unpaired) electrons. The predicted molar refractivity (Wildman–Crippen MR) is 138 cm³/mol. The molecule has 2 aromatic carbocycles. The van der Waals surface area contributed by atoms with Gasteiger partial charge in [-0.2, -0.15) is 4.31 Å². The van der Waals surface area contributed by atoms with Gasteiger partial charge in [0.1, 0.15) is 0 Å². The van der Waals surface area contributed by atoms with Gasteiger partial charge in [0.25, 0.3) is 0 Å². The zero-order chi connectivity index (χ0) is 23.2. The van der Waals surface area contributed by atoms with Crippen LogP contribution in [-0.2, 0) is 10.0 Å². The Bertz CT molecular complexity index is 1330. The third kappa shape index (κ3) is 4.29. The number of fused-ring (bicyclic) bond motifs is 1. The van der Waals surface area contributed by atoms with Gasteiger partial charge in [-0.1, -0.05) is 55.7 Å². The van der Waals surface area contributed by atoms with Crippen molar-refractivity contribution in [3.05, 3.63) is 64.9 Å². The van der Waals surface area contributed by atoms with E-state index < -0.39 is 10.0 Å². The van der Waals surface area contributed by atoms with Crippen LogP contribution in [0.3, 0.4) is 0 Å². The Kier molecular flexibility index (Phi) is 5.96. The largest absolute Gasteiger partial charge is 0.355 e. The number of hydrogen-bond donors (Lipinski definition) is 1. The Hall–Kier alpha value is -2.37. The number of benzene rings is 2. The van der Waals surface area contributed by atoms with E-state index in [0.717, 1.165) is 12.1 Å². The highest BCUT2D eigenvalue weighted by Crippen LogP contribution is 2.40. The first-order valence-electron chi connectivity index (χ1n) is 12.2. The van der Waals surface area contributed by atoms with E-state index in [9.17, 15) is 8.42 Å². The monoisotopic (exact) mass is 462 g/mol. The highest BCUT2D eigenvalue weighted by atomic mass is 32.2. The maximum absolute atomic E-state index is 11.9. The zero-order valence-electron chi connectivity index (χ0n) is 19.9. The molecule has 0 unspecified atom stereocenters. The molecule has 5 rings (SSSR count). The topological polar surface area (TPSA) is 53.2 Å². The summed E-state index contributed by atoms with van der Waals surface area (Å²) in [5.41, 5.74) is 10.3. The van der Waals surface area contributed by atoms with Crippen molar-refractivity contribution in [2.75, 3.05) is 19.3 Å². The molecule has 174 valence electrons. The molecule has 1 N–H and O–H groups in total. The Labute approximate surface area is 197 Å². The summed E-state index contributed by atoms with van der Waals surface area (Å²) in [6.07, 6.45) is 10.7. The summed E-state index contributed by atoms with van der Waals surface area (Å²) < 4.78 is 25.3. The van der Waals surface area contributed by atoms with Gasteiger partial charge in [0, 0.05) is 29.7 Å². The number of nitrogens with one attached hydrogen (secondary N) is 1. The molecule has 1 aliphatic heterocycles. The highest BCUT2D eigenvalue weighted by molar-refractivity contribution is 7.88. The van der Waals surface area contributed by atoms with Gasteiger partial charge in [-0.3, -0.25) is 0 Å². The smallest absolute Gasteiger partial charge is 0.211 e. The first kappa shape index (κ1) is 22.4. The lowest BCUT2D eigenvalue weighted by atomic mass is 9.80. The van der Waals surface area contributed by atoms with Crippen LogP contribution in [0.5, 0.6) is 0 Å². The molecule has 2 heterocycles. The van der Waals surface area contributed by atoms with E-state index in [0.29, 0.717) is 19.0 Å². The summed E-state index contributed by atoms with van der Waals surface area (Å²) in [6.45, 7) is 5.42. The summed E-state index contributed by atoms with van der Waals surface area (Å²) in [4.78, 5) is 3.66. The molecule has 0 saturated heterocycles. The molecule has 2 aliphatic rings. The van der Waals surface area contributed by atoms with Gasteiger partial charge >= 0.3 is 0 Å². The second-order valence-corrected chi connectivity index (χ2v) is 11.8. The maximum atomic E-state index is 11.9. The van der Waals surface area contributed by atoms with Crippen LogP contribution in [0.2, 0.25) is 0 Å². The summed E-state index contributed by atoms with van der Waals surface area (Å²) in [5.74, 6) is 0.687. The van der Waals surface area contributed by atoms with Crippen LogP contribution in [-0.4, -0.2) is 37.1 Å². The van der Waals surface area contributed by atoms with Gasteiger partial charge in [-0.05, 0) is 78.5 Å². The van der Waals surface area contributed by atoms with Crippen molar-refractivity contribution in [3.8, 4) is 11.1 Å². The van der Waals surface area contributed by atoms with Crippen molar-refractivity contribution in [3.63, 3.8) is 0 Å². The summed E-state index contributed by atoms with van der Waals surface area (Å²) in [5, 5.41) is 1.25. The quantitative estimate of drug-likeness (QED) is 0.478. The molecule has 0 spiro atoms. The van der Waals surface area contributed by atoms with Crippen LogP contribution in [0.25, 0.3) is 27.6 Å². The van der Waals surface area contributed by atoms with Crippen molar-refractivity contribution >= 4 is 26.5 Å². The van der Waals surface area contributed by atoms with Gasteiger partial charge < -0.3 is 4.98 Å². The number of H-pyrrole nitrogens is 1. The van der Waals surface area contributed by atoms with E-state index in [1.807, 2.05) is 0 Å². The van der Waals surface area contributed by atoms with Gasteiger partial charge in [0.2, 0.25) is 10.0 Å². The number of nitrogens with zero attached hydrogens (tertiary/aromatic N) is 1. The first-order valence-corrected chi connectivity index (χ1v) is 14.0. The van der Waals surface area contributed by atoms with E-state index in [4.69, 9.17) is 0 Å². The van der Waals surface area contributed by atoms with Gasteiger partial charge in [-0.15, -0.1) is 0 Å². The molecular formula is C28H34N2O2S. The van der Waals surface area contributed by atoms with E-state index in [1.54, 1.807) is 0 Å². The van der Waals surface area contributed by atoms with Gasteiger partial charge in [0.15, 0.2) is 0 Å². The van der Waals surface area contributed by atoms with Crippen LogP contribution < -0.4 is 0 Å². The Morgan fingerprint density at radius 1 is 1.00 bits per heavy atom. The van der Waals surface area contributed by atoms with Crippen molar-refractivity contribution in [1.82, 2.24) is 9.29 Å². The molecule has 1 aliphatic carbocycles. The van der Waals surface area contributed by atoms with E-state index in [1.165, 1.54) is 87.0 Å². The summed E-state index contributed by atoms with van der Waals surface area (Å²) in [6, 6.07) is 13.6. The predicted octanol–water partition coefficient (Wildman–Crippen LogP) is 6.55. The SMILES string of the molecule is Cc1c(-c2ccc(C)c3[nH]c(C4=CCN(S(C)(=O)=O)CC4)cc23)cccc1C1CCCCC1. The molecule has 1 saturated carbocycles. The molecule has 1 fully saturated rings. The van der Waals surface area contributed by atoms with Crippen LogP contribution in [0, 0.1) is 13.8 Å². The lowest BCUT2D eigenvalue weighted by Crippen LogP contribution is -2.33. The minimum absolute atomic E-state index is 0.442. The second kappa shape index (κ2) is 8.77. The zero-order valence-corrected chi connectivity index (χ0v) is 20.8. The number of sulfonamides is 1. The molecule has 3 aromatic rings. The van der Waals surface area contributed by atoms with Crippen molar-refractivity contribution in [2.45, 2.75) is 58.3 Å². The van der Waals surface area contributed by atoms with Crippen LogP contribution in [0.4, 0.5) is 0 Å². The fourth-order valence-electron chi connectivity index (χ4n) is 5.76. The van der Waals surface area contributed by atoms with Gasteiger partial charge in [0.05, 0.1) is 6.26 Å². The standard InChI is InChI=1S/C28H34N2O2S/c1-19-12-13-25(24-11-7-10-23(20(24)2)21-8-5-4-6-9-21)26-18-27(29-28(19)26)22-14-16-30(17-15-22)33(3,31)32/h7,10-14,18,21,29H,4-6,8-9,15-17H2,1-3H3. The summed E-state index contributed by atoms with van der Waals surface area (Å²) >= 11 is 0. The number of rotatable bonds is 4. The van der Waals surface area contributed by atoms with Crippen LogP contribution in [0.15, 0.2) is 42.5 Å². The minimum Gasteiger partial charge on any atom is -0.355 e. The maximum Gasteiger partial charge on any atom is 0.211 e. The van der Waals surface area contributed by atoms with E-state index >= 15 is 0 Å². The third-order valence-electron chi connectivity index (χ3n) is 7.70. The molecular weight excluding hydrogens is 428 g/mol. The van der Waals surface area contributed by atoms with Gasteiger partial charge in [-0.25, -0.2) is 8.42 Å². The minimum atomic E-state index is -3.15. The Balaban J connectivity index is 1.55. The number of aromatic nitrogens is 1. The lowest BCUT2D eigenvalue weighted by molar-refractivity contribution is 0.442. The third-order valence-corrected chi connectivity index (χ3v) is 8.97. The first-order chi connectivity index (χ1) is 15.8. The highest BCUT2D eigenvalue weighted by Gasteiger charge is 2.23. The molecule has 4 nitrogen and oxygen atoms in total. The average molecular weight is 463 g/mol. The second-order valence-electron chi connectivity index (χ2n) is 9.86. The Morgan fingerprint density at radius 2 is 1.79 bits per heavy atom. The molecule has 1 aromatic heterocycles. The lowest BCUT2D eigenvalue weighted by Gasteiger charge is -2.25. The number of hydrogen-bond acceptors (Lipinski definition) is 2. The number of aromatic amines is 1. The van der Waals surface area contributed by atoms with Crippen molar-refractivity contribution < 1.29 is 8.42 Å². The van der Waals surface area contributed by atoms with E-state index in [-0.39, 0.29) is 0 Å². The molecule has 0 atom stereocenters. The van der Waals surface area contributed by atoms with Crippen LogP contribution >= 0.6 is 0 Å². The van der Waals surface area contributed by atoms with E-state index in [2.05, 4.69) is 61.3 Å². The fraction of sp³-hybridized carbons (Fsp3) is 0.429. The summed E-state index contributed by atoms with van der Waals surface area (Å²) in [7, 11) is -3.15. The molecule has 0 bridgehead atoms. The molecule has 0 amide bonds.